The molecule has 0 spiro atoms. The molecule has 0 saturated carbocycles. The van der Waals surface area contributed by atoms with Gasteiger partial charge in [0.25, 0.3) is 0 Å². The standard InChI is InChI=1S/C36H48N10O/c1-26-7-8-29(39-27(2)28-9-11-37-33(21-28)36(3,4)5)22-32(26)40-35-24-31(25-44-17-19-47-20-18-44)42-46(35)34-23-30(10-12-38-34)41-45-15-13-43(6)14-16-45/h7-12,21-24,39-40H,2,13-20,25H2,1,3-6H3,(H,38,41). The maximum absolute atomic E-state index is 5.58. The van der Waals surface area contributed by atoms with Crippen molar-refractivity contribution in [3.05, 3.63) is 90.0 Å². The van der Waals surface area contributed by atoms with Crippen molar-refractivity contribution in [1.29, 1.82) is 0 Å². The van der Waals surface area contributed by atoms with Gasteiger partial charge in [0.2, 0.25) is 0 Å². The lowest BCUT2D eigenvalue weighted by molar-refractivity contribution is 0.0336. The summed E-state index contributed by atoms with van der Waals surface area (Å²) < 4.78 is 7.49. The SMILES string of the molecule is C=C(Nc1ccc(C)c(Nc2cc(CN3CCOCC3)nn2-c2cc(NN3CCN(C)CC3)ccn2)c1)c1ccnc(C(C)(C)C)c1. The summed E-state index contributed by atoms with van der Waals surface area (Å²) in [5.41, 5.74) is 11.4. The Balaban J connectivity index is 1.25. The fourth-order valence-corrected chi connectivity index (χ4v) is 5.71. The van der Waals surface area contributed by atoms with Gasteiger partial charge in [-0.1, -0.05) is 33.4 Å². The molecule has 6 rings (SSSR count). The van der Waals surface area contributed by atoms with Crippen LogP contribution in [0.1, 0.15) is 43.3 Å². The first-order valence-electron chi connectivity index (χ1n) is 16.5. The fourth-order valence-electron chi connectivity index (χ4n) is 5.71. The molecule has 0 aliphatic carbocycles. The lowest BCUT2D eigenvalue weighted by Gasteiger charge is -2.33. The van der Waals surface area contributed by atoms with Crippen LogP contribution in [0.2, 0.25) is 0 Å². The molecule has 11 nitrogen and oxygen atoms in total. The van der Waals surface area contributed by atoms with Gasteiger partial charge in [0, 0.05) is 104 Å². The van der Waals surface area contributed by atoms with Crippen LogP contribution in [-0.2, 0) is 16.7 Å². The summed E-state index contributed by atoms with van der Waals surface area (Å²) in [4.78, 5) is 14.0. The average molecular weight is 637 g/mol. The number of nitrogens with zero attached hydrogens (tertiary/aromatic N) is 7. The Morgan fingerprint density at radius 2 is 1.66 bits per heavy atom. The number of rotatable bonds is 10. The number of benzene rings is 1. The Hall–Kier alpha value is -4.29. The number of piperazine rings is 1. The Bertz CT molecular complexity index is 1680. The molecule has 3 N–H and O–H groups in total. The van der Waals surface area contributed by atoms with Crippen LogP contribution in [0.15, 0.2) is 67.5 Å². The van der Waals surface area contributed by atoms with E-state index >= 15 is 0 Å². The molecule has 0 unspecified atom stereocenters. The molecule has 1 aromatic carbocycles. The van der Waals surface area contributed by atoms with Crippen LogP contribution >= 0.6 is 0 Å². The summed E-state index contributed by atoms with van der Waals surface area (Å²) >= 11 is 0. The van der Waals surface area contributed by atoms with E-state index in [1.165, 1.54) is 0 Å². The number of hydrogen-bond acceptors (Lipinski definition) is 10. The highest BCUT2D eigenvalue weighted by Crippen LogP contribution is 2.29. The Morgan fingerprint density at radius 3 is 2.43 bits per heavy atom. The second kappa shape index (κ2) is 14.2. The normalized spacial score (nSPS) is 16.6. The molecule has 0 atom stereocenters. The van der Waals surface area contributed by atoms with Gasteiger partial charge in [0.1, 0.15) is 5.82 Å². The van der Waals surface area contributed by atoms with Gasteiger partial charge in [0.05, 0.1) is 24.6 Å². The molecule has 4 aromatic rings. The summed E-state index contributed by atoms with van der Waals surface area (Å²) in [5, 5.41) is 14.5. The maximum atomic E-state index is 5.58. The summed E-state index contributed by atoms with van der Waals surface area (Å²) in [6, 6.07) is 16.6. The smallest absolute Gasteiger partial charge is 0.157 e. The van der Waals surface area contributed by atoms with E-state index in [1.54, 1.807) is 0 Å². The van der Waals surface area contributed by atoms with E-state index in [2.05, 4.69) is 114 Å². The Labute approximate surface area is 278 Å². The summed E-state index contributed by atoms with van der Waals surface area (Å²) in [5.74, 6) is 1.59. The zero-order chi connectivity index (χ0) is 33.0. The largest absolute Gasteiger partial charge is 0.379 e. The van der Waals surface area contributed by atoms with Crippen LogP contribution in [-0.4, -0.2) is 94.1 Å². The molecule has 5 heterocycles. The van der Waals surface area contributed by atoms with E-state index in [0.717, 1.165) is 116 Å². The minimum absolute atomic E-state index is 0.0458. The van der Waals surface area contributed by atoms with Gasteiger partial charge in [-0.3, -0.25) is 9.88 Å². The van der Waals surface area contributed by atoms with Crippen LogP contribution in [0.3, 0.4) is 0 Å². The highest BCUT2D eigenvalue weighted by Gasteiger charge is 2.19. The molecule has 2 fully saturated rings. The highest BCUT2D eigenvalue weighted by molar-refractivity contribution is 5.78. The van der Waals surface area contributed by atoms with Crippen molar-refractivity contribution in [3.63, 3.8) is 0 Å². The average Bonchev–Trinajstić information content (AvgIpc) is 3.45. The number of morpholine rings is 1. The predicted molar refractivity (Wildman–Crippen MR) is 190 cm³/mol. The van der Waals surface area contributed by atoms with Crippen molar-refractivity contribution >= 4 is 28.6 Å². The second-order valence-electron chi connectivity index (χ2n) is 13.6. The zero-order valence-corrected chi connectivity index (χ0v) is 28.4. The number of nitrogens with one attached hydrogen (secondary N) is 3. The van der Waals surface area contributed by atoms with Gasteiger partial charge >= 0.3 is 0 Å². The van der Waals surface area contributed by atoms with Gasteiger partial charge in [-0.25, -0.2) is 9.99 Å². The predicted octanol–water partition coefficient (Wildman–Crippen LogP) is 5.50. The molecule has 2 aliphatic rings. The molecule has 2 saturated heterocycles. The topological polar surface area (TPSA) is 98.6 Å². The quantitative estimate of drug-likeness (QED) is 0.207. The van der Waals surface area contributed by atoms with E-state index < -0.39 is 0 Å². The molecular weight excluding hydrogens is 588 g/mol. The van der Waals surface area contributed by atoms with Gasteiger partial charge in [0.15, 0.2) is 5.82 Å². The minimum atomic E-state index is -0.0458. The number of likely N-dealkylation sites (N-methyl/N-ethyl adjacent to an activating group) is 1. The van der Waals surface area contributed by atoms with E-state index in [-0.39, 0.29) is 5.41 Å². The molecule has 0 amide bonds. The van der Waals surface area contributed by atoms with E-state index in [4.69, 9.17) is 14.8 Å². The summed E-state index contributed by atoms with van der Waals surface area (Å²) in [7, 11) is 2.16. The van der Waals surface area contributed by atoms with E-state index in [0.29, 0.717) is 0 Å². The summed E-state index contributed by atoms with van der Waals surface area (Å²) in [6.07, 6.45) is 3.69. The van der Waals surface area contributed by atoms with Gasteiger partial charge in [-0.15, -0.1) is 0 Å². The third kappa shape index (κ3) is 8.36. The van der Waals surface area contributed by atoms with Crippen molar-refractivity contribution in [1.82, 2.24) is 34.6 Å². The number of ether oxygens (including phenoxy) is 1. The lowest BCUT2D eigenvalue weighted by Crippen LogP contribution is -2.46. The third-order valence-electron chi connectivity index (χ3n) is 8.67. The first-order valence-corrected chi connectivity index (χ1v) is 16.5. The van der Waals surface area contributed by atoms with Crippen LogP contribution < -0.4 is 16.1 Å². The van der Waals surface area contributed by atoms with Gasteiger partial charge in [-0.05, 0) is 49.9 Å². The van der Waals surface area contributed by atoms with Crippen LogP contribution in [0, 0.1) is 6.92 Å². The number of hydrazine groups is 1. The monoisotopic (exact) mass is 636 g/mol. The molecule has 47 heavy (non-hydrogen) atoms. The molecule has 248 valence electrons. The van der Waals surface area contributed by atoms with Crippen LogP contribution in [0.5, 0.6) is 0 Å². The summed E-state index contributed by atoms with van der Waals surface area (Å²) in [6.45, 7) is 20.9. The fraction of sp³-hybridized carbons (Fsp3) is 0.417. The molecule has 2 aliphatic heterocycles. The van der Waals surface area contributed by atoms with Crippen LogP contribution in [0.4, 0.5) is 22.9 Å². The van der Waals surface area contributed by atoms with Crippen molar-refractivity contribution in [2.45, 2.75) is 39.7 Å². The van der Waals surface area contributed by atoms with Crippen molar-refractivity contribution in [3.8, 4) is 5.82 Å². The lowest BCUT2D eigenvalue weighted by atomic mass is 9.90. The van der Waals surface area contributed by atoms with Crippen molar-refractivity contribution in [2.75, 3.05) is 75.6 Å². The van der Waals surface area contributed by atoms with E-state index in [1.807, 2.05) is 29.2 Å². The van der Waals surface area contributed by atoms with Crippen molar-refractivity contribution in [2.24, 2.45) is 0 Å². The molecule has 3 aromatic heterocycles. The zero-order valence-electron chi connectivity index (χ0n) is 28.4. The third-order valence-corrected chi connectivity index (χ3v) is 8.67. The minimum Gasteiger partial charge on any atom is -0.379 e. The number of hydrogen-bond donors (Lipinski definition) is 3. The molecular formula is C36H48N10O. The Kier molecular flexibility index (Phi) is 9.88. The first-order chi connectivity index (χ1) is 22.6. The Morgan fingerprint density at radius 1 is 0.894 bits per heavy atom. The first kappa shape index (κ1) is 32.6. The number of anilines is 4. The number of aromatic nitrogens is 4. The molecule has 0 bridgehead atoms. The van der Waals surface area contributed by atoms with E-state index in [9.17, 15) is 0 Å². The number of pyridine rings is 2. The van der Waals surface area contributed by atoms with Gasteiger partial charge in [-0.2, -0.15) is 9.78 Å². The second-order valence-corrected chi connectivity index (χ2v) is 13.6. The number of aryl methyl sites for hydroxylation is 1. The molecule has 11 heteroatoms. The van der Waals surface area contributed by atoms with Crippen molar-refractivity contribution < 1.29 is 4.74 Å². The van der Waals surface area contributed by atoms with Gasteiger partial charge < -0.3 is 25.7 Å². The van der Waals surface area contributed by atoms with Crippen LogP contribution in [0.25, 0.3) is 11.5 Å². The molecule has 0 radical (unpaired) electrons. The maximum Gasteiger partial charge on any atom is 0.157 e. The highest BCUT2D eigenvalue weighted by atomic mass is 16.5.